The number of amides is 1. The van der Waals surface area contributed by atoms with Gasteiger partial charge in [0.1, 0.15) is 6.04 Å². The van der Waals surface area contributed by atoms with Crippen LogP contribution in [0.15, 0.2) is 74.9 Å². The van der Waals surface area contributed by atoms with Crippen molar-refractivity contribution in [2.75, 3.05) is 6.54 Å². The van der Waals surface area contributed by atoms with Gasteiger partial charge in [-0.25, -0.2) is 13.4 Å². The Morgan fingerprint density at radius 2 is 1.81 bits per heavy atom. The third-order valence-corrected chi connectivity index (χ3v) is 11.3. The number of fused-ring (bicyclic) bond motifs is 1. The Kier molecular flexibility index (Phi) is 6.83. The van der Waals surface area contributed by atoms with Gasteiger partial charge < -0.3 is 0 Å². The molecule has 0 bridgehead atoms. The number of hydrazone groups is 1. The highest BCUT2D eigenvalue weighted by Gasteiger charge is 2.49. The highest BCUT2D eigenvalue weighted by molar-refractivity contribution is 7.89. The van der Waals surface area contributed by atoms with Crippen LogP contribution in [0.25, 0.3) is 6.08 Å². The van der Waals surface area contributed by atoms with E-state index in [1.807, 2.05) is 17.5 Å². The third kappa shape index (κ3) is 4.61. The Bertz CT molecular complexity index is 1450. The fourth-order valence-corrected chi connectivity index (χ4v) is 8.97. The highest BCUT2D eigenvalue weighted by atomic mass is 35.5. The van der Waals surface area contributed by atoms with Gasteiger partial charge in [0.15, 0.2) is 0 Å². The average Bonchev–Trinajstić information content (AvgIpc) is 3.70. The van der Waals surface area contributed by atoms with E-state index in [1.54, 1.807) is 39.8 Å². The van der Waals surface area contributed by atoms with Crippen molar-refractivity contribution in [3.63, 3.8) is 0 Å². The van der Waals surface area contributed by atoms with Gasteiger partial charge in [-0.15, -0.1) is 22.7 Å². The molecular formula is C27H26ClN3O3S3. The summed E-state index contributed by atoms with van der Waals surface area (Å²) in [5.74, 6) is -0.143. The predicted molar refractivity (Wildman–Crippen MR) is 149 cm³/mol. The number of rotatable bonds is 5. The molecule has 0 unspecified atom stereocenters. The summed E-state index contributed by atoms with van der Waals surface area (Å²) in [4.78, 5) is 16.5. The lowest BCUT2D eigenvalue weighted by Gasteiger charge is -2.31. The van der Waals surface area contributed by atoms with Crippen molar-refractivity contribution in [2.45, 2.75) is 49.1 Å². The number of nitrogens with zero attached hydrogens (tertiary/aromatic N) is 3. The number of halogens is 1. The topological polar surface area (TPSA) is 70.1 Å². The maximum Gasteiger partial charge on any atom is 0.261 e. The van der Waals surface area contributed by atoms with E-state index in [0.29, 0.717) is 24.4 Å². The third-order valence-electron chi connectivity index (χ3n) is 7.33. The van der Waals surface area contributed by atoms with E-state index in [4.69, 9.17) is 16.7 Å². The fourth-order valence-electron chi connectivity index (χ4n) is 5.64. The molecular weight excluding hydrogens is 546 g/mol. The van der Waals surface area contributed by atoms with Gasteiger partial charge in [0, 0.05) is 27.2 Å². The summed E-state index contributed by atoms with van der Waals surface area (Å²) in [6.45, 7) is 0.308. The first kappa shape index (κ1) is 25.0. The second-order valence-electron chi connectivity index (χ2n) is 9.54. The number of hydrogen-bond acceptors (Lipinski definition) is 6. The maximum absolute atomic E-state index is 14.1. The molecule has 6 nitrogen and oxygen atoms in total. The number of benzene rings is 1. The van der Waals surface area contributed by atoms with Crippen LogP contribution in [0.5, 0.6) is 0 Å². The molecule has 2 aliphatic heterocycles. The molecule has 10 heteroatoms. The largest absolute Gasteiger partial charge is 0.271 e. The maximum atomic E-state index is 14.1. The molecule has 1 amide bonds. The van der Waals surface area contributed by atoms with Crippen LogP contribution in [-0.2, 0) is 14.8 Å². The number of carbonyl (C=O) groups excluding carboxylic acids is 1. The van der Waals surface area contributed by atoms with Gasteiger partial charge in [0.25, 0.3) is 5.91 Å². The molecule has 2 aromatic heterocycles. The van der Waals surface area contributed by atoms with Gasteiger partial charge in [-0.3, -0.25) is 4.79 Å². The zero-order valence-electron chi connectivity index (χ0n) is 20.0. The molecule has 3 atom stereocenters. The van der Waals surface area contributed by atoms with Crippen LogP contribution in [0.4, 0.5) is 0 Å². The SMILES string of the molecule is O=C([C@@H]1CCCN1S(=O)(=O)c1ccc(Cl)cc1)N1N=C2/C(=C\c3cccs3)CCC[C@H]2[C@@H]1c1cccs1. The Hall–Kier alpha value is -2.30. The molecule has 2 fully saturated rings. The Labute approximate surface area is 229 Å². The van der Waals surface area contributed by atoms with Crippen molar-refractivity contribution in [2.24, 2.45) is 11.0 Å². The van der Waals surface area contributed by atoms with Crippen molar-refractivity contribution in [1.29, 1.82) is 0 Å². The first-order valence-corrected chi connectivity index (χ1v) is 16.0. The minimum Gasteiger partial charge on any atom is -0.271 e. The second kappa shape index (κ2) is 10.1. The van der Waals surface area contributed by atoms with Gasteiger partial charge in [-0.05, 0) is 90.9 Å². The number of sulfonamides is 1. The molecule has 3 aliphatic rings. The van der Waals surface area contributed by atoms with Gasteiger partial charge in [-0.2, -0.15) is 9.41 Å². The molecule has 0 radical (unpaired) electrons. The summed E-state index contributed by atoms with van der Waals surface area (Å²) < 4.78 is 28.4. The van der Waals surface area contributed by atoms with E-state index in [-0.39, 0.29) is 22.8 Å². The van der Waals surface area contributed by atoms with Crippen LogP contribution in [-0.4, -0.2) is 41.9 Å². The van der Waals surface area contributed by atoms with Gasteiger partial charge in [0.2, 0.25) is 10.0 Å². The number of hydrogen-bond donors (Lipinski definition) is 0. The van der Waals surface area contributed by atoms with Crippen LogP contribution < -0.4 is 0 Å². The van der Waals surface area contributed by atoms with Crippen LogP contribution in [0, 0.1) is 5.92 Å². The lowest BCUT2D eigenvalue weighted by atomic mass is 9.79. The van der Waals surface area contributed by atoms with Gasteiger partial charge in [0.05, 0.1) is 16.6 Å². The van der Waals surface area contributed by atoms with E-state index in [1.165, 1.54) is 26.9 Å². The van der Waals surface area contributed by atoms with E-state index in [0.717, 1.165) is 29.9 Å². The van der Waals surface area contributed by atoms with Crippen molar-refractivity contribution in [3.8, 4) is 0 Å². The molecule has 1 saturated carbocycles. The lowest BCUT2D eigenvalue weighted by molar-refractivity contribution is -0.137. The summed E-state index contributed by atoms with van der Waals surface area (Å²) in [5.41, 5.74) is 2.14. The van der Waals surface area contributed by atoms with Crippen molar-refractivity contribution in [1.82, 2.24) is 9.31 Å². The molecule has 37 heavy (non-hydrogen) atoms. The molecule has 0 spiro atoms. The molecule has 1 aliphatic carbocycles. The fraction of sp³-hybridized carbons (Fsp3) is 0.333. The number of carbonyl (C=O) groups is 1. The van der Waals surface area contributed by atoms with Crippen LogP contribution in [0.3, 0.4) is 0 Å². The Morgan fingerprint density at radius 3 is 2.54 bits per heavy atom. The van der Waals surface area contributed by atoms with Crippen molar-refractivity contribution < 1.29 is 13.2 Å². The molecule has 192 valence electrons. The summed E-state index contributed by atoms with van der Waals surface area (Å²) in [5, 5.41) is 11.1. The van der Waals surface area contributed by atoms with E-state index in [9.17, 15) is 13.2 Å². The lowest BCUT2D eigenvalue weighted by Crippen LogP contribution is -2.46. The van der Waals surface area contributed by atoms with E-state index in [2.05, 4.69) is 23.6 Å². The summed E-state index contributed by atoms with van der Waals surface area (Å²) in [6, 6.07) is 13.3. The highest BCUT2D eigenvalue weighted by Crippen LogP contribution is 2.46. The number of thiophene rings is 2. The standard InChI is InChI=1S/C27H26ClN3O3S3/c28-19-10-12-21(13-11-19)37(33,34)30-14-2-8-23(30)27(32)31-26(24-9-4-16-36-24)22-7-1-5-18(25(22)29-31)17-20-6-3-15-35-20/h3-4,6,9-13,15-17,22-23,26H,1-2,5,7-8,14H2/b18-17-/t22-,23+,26-/m1/s1. The predicted octanol–water partition coefficient (Wildman–Crippen LogP) is 6.44. The minimum absolute atomic E-state index is 0.102. The monoisotopic (exact) mass is 571 g/mol. The number of allylic oxidation sites excluding steroid dienone is 1. The summed E-state index contributed by atoms with van der Waals surface area (Å²) in [7, 11) is -3.85. The molecule has 1 aromatic carbocycles. The van der Waals surface area contributed by atoms with Gasteiger partial charge in [-0.1, -0.05) is 23.7 Å². The van der Waals surface area contributed by atoms with Crippen LogP contribution in [0.2, 0.25) is 5.02 Å². The van der Waals surface area contributed by atoms with Crippen LogP contribution >= 0.6 is 34.3 Å². The average molecular weight is 572 g/mol. The summed E-state index contributed by atoms with van der Waals surface area (Å²) >= 11 is 9.29. The molecule has 1 saturated heterocycles. The molecule has 3 aromatic rings. The molecule has 4 heterocycles. The second-order valence-corrected chi connectivity index (χ2v) is 13.8. The van der Waals surface area contributed by atoms with Crippen LogP contribution in [0.1, 0.15) is 47.9 Å². The van der Waals surface area contributed by atoms with E-state index >= 15 is 0 Å². The first-order chi connectivity index (χ1) is 17.9. The molecule has 6 rings (SSSR count). The van der Waals surface area contributed by atoms with Gasteiger partial charge >= 0.3 is 0 Å². The zero-order valence-corrected chi connectivity index (χ0v) is 23.2. The minimum atomic E-state index is -3.85. The van der Waals surface area contributed by atoms with Crippen molar-refractivity contribution >= 4 is 62.0 Å². The normalized spacial score (nSPS) is 25.4. The quantitative estimate of drug-likeness (QED) is 0.354. The molecule has 0 N–H and O–H groups in total. The van der Waals surface area contributed by atoms with E-state index < -0.39 is 16.1 Å². The smallest absolute Gasteiger partial charge is 0.261 e. The first-order valence-electron chi connectivity index (χ1n) is 12.4. The summed E-state index contributed by atoms with van der Waals surface area (Å²) in [6.07, 6.45) is 6.21. The zero-order chi connectivity index (χ0) is 25.6. The Morgan fingerprint density at radius 1 is 1.03 bits per heavy atom. The van der Waals surface area contributed by atoms with Crippen molar-refractivity contribution in [3.05, 3.63) is 79.6 Å². The Balaban J connectivity index is 1.36.